The van der Waals surface area contributed by atoms with Gasteiger partial charge in [-0.2, -0.15) is 0 Å². The van der Waals surface area contributed by atoms with E-state index in [9.17, 15) is 9.59 Å². The van der Waals surface area contributed by atoms with Crippen LogP contribution in [0.2, 0.25) is 5.02 Å². The Morgan fingerprint density at radius 2 is 2.16 bits per heavy atom. The van der Waals surface area contributed by atoms with Crippen LogP contribution in [0.25, 0.3) is 0 Å². The fourth-order valence-corrected chi connectivity index (χ4v) is 3.11. The van der Waals surface area contributed by atoms with Crippen LogP contribution < -0.4 is 10.6 Å². The molecule has 1 atom stereocenters. The van der Waals surface area contributed by atoms with Gasteiger partial charge in [-0.3, -0.25) is 14.6 Å². The lowest BCUT2D eigenvalue weighted by atomic mass is 10.0. The van der Waals surface area contributed by atoms with E-state index in [0.717, 1.165) is 12.1 Å². The molecular weight excluding hydrogens is 340 g/mol. The Morgan fingerprint density at radius 1 is 1.32 bits per heavy atom. The fraction of sp³-hybridized carbons (Fsp3) is 0.278. The molecule has 1 aromatic heterocycles. The van der Waals surface area contributed by atoms with Gasteiger partial charge in [0, 0.05) is 37.9 Å². The summed E-state index contributed by atoms with van der Waals surface area (Å²) >= 11 is 6.10. The Labute approximate surface area is 151 Å². The SMILES string of the molecule is CNC(=O)c1ccc(C(=O)N2CCNCC2c2cccc(Cl)c2)cn1. The Balaban J connectivity index is 1.84. The van der Waals surface area contributed by atoms with E-state index in [1.165, 1.54) is 6.20 Å². The van der Waals surface area contributed by atoms with Crippen molar-refractivity contribution in [2.75, 3.05) is 26.7 Å². The molecule has 1 aliphatic rings. The zero-order chi connectivity index (χ0) is 17.8. The van der Waals surface area contributed by atoms with E-state index in [0.29, 0.717) is 23.7 Å². The van der Waals surface area contributed by atoms with E-state index in [1.807, 2.05) is 29.2 Å². The van der Waals surface area contributed by atoms with Crippen LogP contribution in [0.15, 0.2) is 42.6 Å². The molecule has 1 saturated heterocycles. The van der Waals surface area contributed by atoms with Crippen LogP contribution in [-0.2, 0) is 0 Å². The molecule has 0 spiro atoms. The summed E-state index contributed by atoms with van der Waals surface area (Å²) in [4.78, 5) is 30.4. The second-order valence-corrected chi connectivity index (χ2v) is 6.22. The maximum atomic E-state index is 12.9. The van der Waals surface area contributed by atoms with Crippen LogP contribution in [0.1, 0.15) is 32.5 Å². The lowest BCUT2D eigenvalue weighted by Crippen LogP contribution is -2.48. The van der Waals surface area contributed by atoms with E-state index in [4.69, 9.17) is 11.6 Å². The average Bonchev–Trinajstić information content (AvgIpc) is 2.67. The van der Waals surface area contributed by atoms with Crippen molar-refractivity contribution in [3.63, 3.8) is 0 Å². The number of carbonyl (C=O) groups is 2. The molecule has 0 aliphatic carbocycles. The summed E-state index contributed by atoms with van der Waals surface area (Å²) in [5.41, 5.74) is 1.73. The molecule has 2 aromatic rings. The van der Waals surface area contributed by atoms with Gasteiger partial charge in [-0.05, 0) is 29.8 Å². The second-order valence-electron chi connectivity index (χ2n) is 5.78. The van der Waals surface area contributed by atoms with E-state index in [-0.39, 0.29) is 23.6 Å². The summed E-state index contributed by atoms with van der Waals surface area (Å²) in [5, 5.41) is 6.47. The van der Waals surface area contributed by atoms with Gasteiger partial charge in [0.2, 0.25) is 0 Å². The van der Waals surface area contributed by atoms with Crippen LogP contribution in [0, 0.1) is 0 Å². The van der Waals surface area contributed by atoms with Gasteiger partial charge in [0.25, 0.3) is 11.8 Å². The highest BCUT2D eigenvalue weighted by Gasteiger charge is 2.29. The molecule has 0 saturated carbocycles. The van der Waals surface area contributed by atoms with Gasteiger partial charge in [0.1, 0.15) is 5.69 Å². The highest BCUT2D eigenvalue weighted by atomic mass is 35.5. The topological polar surface area (TPSA) is 74.3 Å². The predicted molar refractivity (Wildman–Crippen MR) is 95.7 cm³/mol. The second kappa shape index (κ2) is 7.63. The minimum atomic E-state index is -0.280. The van der Waals surface area contributed by atoms with Gasteiger partial charge < -0.3 is 15.5 Å². The number of carbonyl (C=O) groups excluding carboxylic acids is 2. The van der Waals surface area contributed by atoms with Crippen molar-refractivity contribution in [3.8, 4) is 0 Å². The smallest absolute Gasteiger partial charge is 0.269 e. The molecule has 1 aliphatic heterocycles. The largest absolute Gasteiger partial charge is 0.354 e. The zero-order valence-corrected chi connectivity index (χ0v) is 14.6. The van der Waals surface area contributed by atoms with Gasteiger partial charge in [-0.25, -0.2) is 0 Å². The van der Waals surface area contributed by atoms with Crippen LogP contribution in [-0.4, -0.2) is 48.4 Å². The number of benzene rings is 1. The molecule has 6 nitrogen and oxygen atoms in total. The van der Waals surface area contributed by atoms with Crippen LogP contribution >= 0.6 is 11.6 Å². The number of amides is 2. The number of rotatable bonds is 3. The molecule has 130 valence electrons. The van der Waals surface area contributed by atoms with Crippen LogP contribution in [0.5, 0.6) is 0 Å². The lowest BCUT2D eigenvalue weighted by Gasteiger charge is -2.36. The summed E-state index contributed by atoms with van der Waals surface area (Å²) in [5.74, 6) is -0.389. The molecule has 25 heavy (non-hydrogen) atoms. The Kier molecular flexibility index (Phi) is 5.31. The highest BCUT2D eigenvalue weighted by Crippen LogP contribution is 2.26. The number of halogens is 1. The van der Waals surface area contributed by atoms with Crippen molar-refractivity contribution in [2.24, 2.45) is 0 Å². The number of aromatic nitrogens is 1. The first-order chi connectivity index (χ1) is 12.1. The zero-order valence-electron chi connectivity index (χ0n) is 13.8. The molecule has 7 heteroatoms. The molecule has 1 unspecified atom stereocenters. The molecule has 2 heterocycles. The lowest BCUT2D eigenvalue weighted by molar-refractivity contribution is 0.0633. The summed E-state index contributed by atoms with van der Waals surface area (Å²) in [6, 6.07) is 10.6. The molecule has 3 rings (SSSR count). The van der Waals surface area contributed by atoms with E-state index < -0.39 is 0 Å². The van der Waals surface area contributed by atoms with Crippen molar-refractivity contribution >= 4 is 23.4 Å². The number of hydrogen-bond donors (Lipinski definition) is 2. The normalized spacial score (nSPS) is 17.2. The first kappa shape index (κ1) is 17.4. The van der Waals surface area contributed by atoms with Gasteiger partial charge >= 0.3 is 0 Å². The van der Waals surface area contributed by atoms with Gasteiger partial charge in [0.05, 0.1) is 11.6 Å². The molecular formula is C18H19ClN4O2. The van der Waals surface area contributed by atoms with Crippen molar-refractivity contribution in [2.45, 2.75) is 6.04 Å². The molecule has 2 N–H and O–H groups in total. The van der Waals surface area contributed by atoms with Gasteiger partial charge in [-0.1, -0.05) is 23.7 Å². The standard InChI is InChI=1S/C18H19ClN4O2/c1-20-17(24)15-6-5-13(10-22-15)18(25)23-8-7-21-11-16(23)12-3-2-4-14(19)9-12/h2-6,9-10,16,21H,7-8,11H2,1H3,(H,20,24). The number of hydrogen-bond acceptors (Lipinski definition) is 4. The molecule has 0 bridgehead atoms. The molecule has 1 aromatic carbocycles. The molecule has 0 radical (unpaired) electrons. The fourth-order valence-electron chi connectivity index (χ4n) is 2.91. The summed E-state index contributed by atoms with van der Waals surface area (Å²) in [6.45, 7) is 1.98. The number of piperazine rings is 1. The van der Waals surface area contributed by atoms with E-state index in [2.05, 4.69) is 15.6 Å². The minimum absolute atomic E-state index is 0.0985. The van der Waals surface area contributed by atoms with Gasteiger partial charge in [0.15, 0.2) is 0 Å². The molecule has 1 fully saturated rings. The molecule has 2 amide bonds. The van der Waals surface area contributed by atoms with E-state index >= 15 is 0 Å². The number of nitrogens with one attached hydrogen (secondary N) is 2. The maximum Gasteiger partial charge on any atom is 0.269 e. The third kappa shape index (κ3) is 3.81. The highest BCUT2D eigenvalue weighted by molar-refractivity contribution is 6.30. The van der Waals surface area contributed by atoms with Crippen molar-refractivity contribution < 1.29 is 9.59 Å². The van der Waals surface area contributed by atoms with Crippen molar-refractivity contribution in [1.29, 1.82) is 0 Å². The monoisotopic (exact) mass is 358 g/mol. The first-order valence-corrected chi connectivity index (χ1v) is 8.43. The Hall–Kier alpha value is -2.44. The van der Waals surface area contributed by atoms with Crippen molar-refractivity contribution in [3.05, 3.63) is 64.4 Å². The van der Waals surface area contributed by atoms with E-state index in [1.54, 1.807) is 19.2 Å². The van der Waals surface area contributed by atoms with Crippen LogP contribution in [0.3, 0.4) is 0 Å². The maximum absolute atomic E-state index is 12.9. The quantitative estimate of drug-likeness (QED) is 0.878. The van der Waals surface area contributed by atoms with Gasteiger partial charge in [-0.15, -0.1) is 0 Å². The third-order valence-electron chi connectivity index (χ3n) is 4.21. The average molecular weight is 359 g/mol. The van der Waals surface area contributed by atoms with Crippen molar-refractivity contribution in [1.82, 2.24) is 20.5 Å². The Morgan fingerprint density at radius 3 is 2.84 bits per heavy atom. The number of nitrogens with zero attached hydrogens (tertiary/aromatic N) is 2. The third-order valence-corrected chi connectivity index (χ3v) is 4.44. The minimum Gasteiger partial charge on any atom is -0.354 e. The predicted octanol–water partition coefficient (Wildman–Crippen LogP) is 1.88. The first-order valence-electron chi connectivity index (χ1n) is 8.05. The number of pyridine rings is 1. The summed E-state index contributed by atoms with van der Waals surface area (Å²) in [6.07, 6.45) is 1.45. The summed E-state index contributed by atoms with van der Waals surface area (Å²) in [7, 11) is 1.54. The van der Waals surface area contributed by atoms with Crippen LogP contribution in [0.4, 0.5) is 0 Å². The summed E-state index contributed by atoms with van der Waals surface area (Å²) < 4.78 is 0. The Bertz CT molecular complexity index is 779.